The number of nitrogens with two attached hydrogens (primary N) is 1. The summed E-state index contributed by atoms with van der Waals surface area (Å²) in [5.74, 6) is 1.38. The fourth-order valence-electron chi connectivity index (χ4n) is 3.14. The molecular weight excluding hydrogens is 294 g/mol. The maximum Gasteiger partial charge on any atom is 0.238 e. The molecule has 2 aliphatic heterocycles. The highest BCUT2D eigenvalue weighted by Gasteiger charge is 2.33. The third kappa shape index (κ3) is 3.76. The molecule has 0 saturated carbocycles. The minimum absolute atomic E-state index is 0.0204. The molecule has 1 atom stereocenters. The van der Waals surface area contributed by atoms with E-state index in [2.05, 4.69) is 24.1 Å². The molecule has 1 unspecified atom stereocenters. The number of nitrogens with one attached hydrogen (secondary N) is 1. The van der Waals surface area contributed by atoms with Crippen LogP contribution in [0.25, 0.3) is 0 Å². The first-order valence-electron chi connectivity index (χ1n) is 8.11. The number of ether oxygens (including phenoxy) is 2. The number of benzene rings is 1. The van der Waals surface area contributed by atoms with Gasteiger partial charge in [0.15, 0.2) is 11.5 Å². The van der Waals surface area contributed by atoms with E-state index in [-0.39, 0.29) is 17.4 Å². The number of fused-ring (bicyclic) bond motifs is 1. The third-order valence-electron chi connectivity index (χ3n) is 4.58. The van der Waals surface area contributed by atoms with Crippen molar-refractivity contribution in [1.29, 1.82) is 0 Å². The van der Waals surface area contributed by atoms with Crippen molar-refractivity contribution in [2.45, 2.75) is 26.3 Å². The molecule has 1 aromatic rings. The molecule has 2 aliphatic rings. The van der Waals surface area contributed by atoms with E-state index in [1.807, 2.05) is 18.2 Å². The van der Waals surface area contributed by atoms with Crippen molar-refractivity contribution in [3.05, 3.63) is 18.2 Å². The molecule has 0 bridgehead atoms. The summed E-state index contributed by atoms with van der Waals surface area (Å²) in [4.78, 5) is 14.4. The highest BCUT2D eigenvalue weighted by molar-refractivity contribution is 5.92. The lowest BCUT2D eigenvalue weighted by atomic mass is 9.80. The van der Waals surface area contributed by atoms with Gasteiger partial charge in [0, 0.05) is 30.9 Å². The van der Waals surface area contributed by atoms with Gasteiger partial charge in [0.2, 0.25) is 5.91 Å². The summed E-state index contributed by atoms with van der Waals surface area (Å²) in [5, 5.41) is 2.93. The average molecular weight is 319 g/mol. The first-order valence-corrected chi connectivity index (χ1v) is 8.11. The summed E-state index contributed by atoms with van der Waals surface area (Å²) in [6.45, 7) is 7.48. The molecule has 6 heteroatoms. The second-order valence-corrected chi connectivity index (χ2v) is 7.00. The SMILES string of the molecule is CC1(C)CN(CC(=O)Nc2ccc3c(c2)OCCO3)CCC1N. The molecule has 23 heavy (non-hydrogen) atoms. The molecule has 1 saturated heterocycles. The van der Waals surface area contributed by atoms with E-state index in [1.54, 1.807) is 0 Å². The number of hydrogen-bond donors (Lipinski definition) is 2. The summed E-state index contributed by atoms with van der Waals surface area (Å²) < 4.78 is 11.0. The van der Waals surface area contributed by atoms with E-state index in [1.165, 1.54) is 0 Å². The van der Waals surface area contributed by atoms with Gasteiger partial charge in [-0.1, -0.05) is 13.8 Å². The standard InChI is InChI=1S/C17H25N3O3/c1-17(2)11-20(6-5-15(17)18)10-16(21)19-12-3-4-13-14(9-12)23-8-7-22-13/h3-4,9,15H,5-8,10-11,18H2,1-2H3,(H,19,21). The summed E-state index contributed by atoms with van der Waals surface area (Å²) in [6.07, 6.45) is 0.921. The quantitative estimate of drug-likeness (QED) is 0.882. The number of piperidine rings is 1. The average Bonchev–Trinajstić information content (AvgIpc) is 2.50. The molecule has 0 spiro atoms. The van der Waals surface area contributed by atoms with Crippen LogP contribution in [0.5, 0.6) is 11.5 Å². The van der Waals surface area contributed by atoms with Crippen molar-refractivity contribution in [1.82, 2.24) is 4.90 Å². The first-order chi connectivity index (χ1) is 10.9. The van der Waals surface area contributed by atoms with Crippen LogP contribution < -0.4 is 20.5 Å². The fourth-order valence-corrected chi connectivity index (χ4v) is 3.14. The van der Waals surface area contributed by atoms with Gasteiger partial charge in [-0.3, -0.25) is 9.69 Å². The Balaban J connectivity index is 1.57. The number of carbonyl (C=O) groups is 1. The van der Waals surface area contributed by atoms with Gasteiger partial charge in [-0.15, -0.1) is 0 Å². The van der Waals surface area contributed by atoms with Gasteiger partial charge < -0.3 is 20.5 Å². The zero-order valence-corrected chi connectivity index (χ0v) is 13.8. The number of anilines is 1. The fraction of sp³-hybridized carbons (Fsp3) is 0.588. The Bertz CT molecular complexity index is 588. The second kappa shape index (κ2) is 6.37. The van der Waals surface area contributed by atoms with Crippen molar-refractivity contribution in [2.75, 3.05) is 38.2 Å². The molecular formula is C17H25N3O3. The minimum atomic E-state index is -0.0204. The van der Waals surface area contributed by atoms with Crippen molar-refractivity contribution < 1.29 is 14.3 Å². The topological polar surface area (TPSA) is 76.8 Å². The van der Waals surface area contributed by atoms with Gasteiger partial charge in [0.25, 0.3) is 0 Å². The van der Waals surface area contributed by atoms with Gasteiger partial charge >= 0.3 is 0 Å². The molecule has 3 N–H and O–H groups in total. The predicted octanol–water partition coefficient (Wildman–Crippen LogP) is 1.46. The van der Waals surface area contributed by atoms with Gasteiger partial charge in [-0.25, -0.2) is 0 Å². The molecule has 0 aliphatic carbocycles. The van der Waals surface area contributed by atoms with E-state index in [4.69, 9.17) is 15.2 Å². The first kappa shape index (κ1) is 16.1. The summed E-state index contributed by atoms with van der Waals surface area (Å²) in [5.41, 5.74) is 6.91. The number of carbonyl (C=O) groups excluding carboxylic acids is 1. The van der Waals surface area contributed by atoms with Crippen LogP contribution in [0.15, 0.2) is 18.2 Å². The van der Waals surface area contributed by atoms with E-state index in [9.17, 15) is 4.79 Å². The lowest BCUT2D eigenvalue weighted by Gasteiger charge is -2.42. The molecule has 3 rings (SSSR count). The van der Waals surface area contributed by atoms with Crippen molar-refractivity contribution in [3.8, 4) is 11.5 Å². The summed E-state index contributed by atoms with van der Waals surface area (Å²) in [7, 11) is 0. The number of nitrogens with zero attached hydrogens (tertiary/aromatic N) is 1. The van der Waals surface area contributed by atoms with Crippen LogP contribution in [0, 0.1) is 5.41 Å². The molecule has 6 nitrogen and oxygen atoms in total. The van der Waals surface area contributed by atoms with Crippen LogP contribution >= 0.6 is 0 Å². The largest absolute Gasteiger partial charge is 0.486 e. The second-order valence-electron chi connectivity index (χ2n) is 7.00. The van der Waals surface area contributed by atoms with Crippen LogP contribution in [-0.2, 0) is 4.79 Å². The highest BCUT2D eigenvalue weighted by atomic mass is 16.6. The van der Waals surface area contributed by atoms with Crippen molar-refractivity contribution in [3.63, 3.8) is 0 Å². The Morgan fingerprint density at radius 2 is 2.09 bits per heavy atom. The Morgan fingerprint density at radius 1 is 1.35 bits per heavy atom. The zero-order valence-electron chi connectivity index (χ0n) is 13.8. The smallest absolute Gasteiger partial charge is 0.238 e. The number of amides is 1. The molecule has 1 fully saturated rings. The van der Waals surface area contributed by atoms with Crippen LogP contribution in [0.4, 0.5) is 5.69 Å². The van der Waals surface area contributed by atoms with Gasteiger partial charge in [0.1, 0.15) is 13.2 Å². The highest BCUT2D eigenvalue weighted by Crippen LogP contribution is 2.32. The third-order valence-corrected chi connectivity index (χ3v) is 4.58. The van der Waals surface area contributed by atoms with Crippen molar-refractivity contribution >= 4 is 11.6 Å². The predicted molar refractivity (Wildman–Crippen MR) is 88.9 cm³/mol. The number of hydrogen-bond acceptors (Lipinski definition) is 5. The number of rotatable bonds is 3. The molecule has 126 valence electrons. The maximum absolute atomic E-state index is 12.3. The van der Waals surface area contributed by atoms with E-state index in [0.717, 1.165) is 30.9 Å². The van der Waals surface area contributed by atoms with Crippen LogP contribution in [0.1, 0.15) is 20.3 Å². The summed E-state index contributed by atoms with van der Waals surface area (Å²) in [6, 6.07) is 5.66. The van der Waals surface area contributed by atoms with Gasteiger partial charge in [0.05, 0.1) is 6.54 Å². The van der Waals surface area contributed by atoms with Gasteiger partial charge in [-0.2, -0.15) is 0 Å². The van der Waals surface area contributed by atoms with E-state index >= 15 is 0 Å². The van der Waals surface area contributed by atoms with E-state index < -0.39 is 0 Å². The minimum Gasteiger partial charge on any atom is -0.486 e. The Kier molecular flexibility index (Phi) is 4.46. The zero-order chi connectivity index (χ0) is 16.4. The molecule has 1 amide bonds. The molecule has 2 heterocycles. The Labute approximate surface area is 136 Å². The normalized spacial score (nSPS) is 23.3. The Morgan fingerprint density at radius 3 is 2.83 bits per heavy atom. The lowest BCUT2D eigenvalue weighted by molar-refractivity contribution is -0.118. The monoisotopic (exact) mass is 319 g/mol. The molecule has 0 radical (unpaired) electrons. The van der Waals surface area contributed by atoms with E-state index in [0.29, 0.717) is 25.5 Å². The number of likely N-dealkylation sites (tertiary alicyclic amines) is 1. The van der Waals surface area contributed by atoms with Crippen molar-refractivity contribution in [2.24, 2.45) is 11.1 Å². The maximum atomic E-state index is 12.3. The lowest BCUT2D eigenvalue weighted by Crippen LogP contribution is -2.53. The van der Waals surface area contributed by atoms with Crippen LogP contribution in [0.3, 0.4) is 0 Å². The Hall–Kier alpha value is -1.79. The van der Waals surface area contributed by atoms with Gasteiger partial charge in [-0.05, 0) is 24.0 Å². The molecule has 0 aromatic heterocycles. The van der Waals surface area contributed by atoms with Crippen LogP contribution in [0.2, 0.25) is 0 Å². The van der Waals surface area contributed by atoms with Crippen LogP contribution in [-0.4, -0.2) is 49.7 Å². The molecule has 1 aromatic carbocycles. The summed E-state index contributed by atoms with van der Waals surface area (Å²) >= 11 is 0.